The fourth-order valence-electron chi connectivity index (χ4n) is 0.979. The highest BCUT2D eigenvalue weighted by molar-refractivity contribution is 5.53. The van der Waals surface area contributed by atoms with E-state index in [2.05, 4.69) is 4.98 Å². The molecule has 0 aromatic carbocycles. The first kappa shape index (κ1) is 2.65. The zero-order chi connectivity index (χ0) is 20.6. The zero-order valence-electron chi connectivity index (χ0n) is 19.2. The van der Waals surface area contributed by atoms with Gasteiger partial charge < -0.3 is 10.6 Å². The third-order valence-corrected chi connectivity index (χ3v) is 1.59. The van der Waals surface area contributed by atoms with Crippen molar-refractivity contribution in [1.82, 2.24) is 4.98 Å². The van der Waals surface area contributed by atoms with E-state index >= 15 is 0 Å². The average molecular weight is 203 g/mol. The fraction of sp³-hybridized carbons (Fsp3) is 0.545. The number of hydrogen-bond donors (Lipinski definition) is 1. The molecule has 1 aromatic heterocycles. The van der Waals surface area contributed by atoms with Crippen LogP contribution >= 0.6 is 0 Å². The molecule has 1 saturated heterocycles. The number of nitrogen functional groups attached to an aromatic ring is 1. The van der Waals surface area contributed by atoms with Crippen LogP contribution in [0.3, 0.4) is 0 Å². The lowest BCUT2D eigenvalue weighted by Gasteiger charge is -2.31. The molecule has 1 fully saturated rings. The Hall–Kier alpha value is -1.25. The van der Waals surface area contributed by atoms with Gasteiger partial charge in [-0.3, -0.25) is 4.98 Å². The molecule has 2 heterocycles. The summed E-state index contributed by atoms with van der Waals surface area (Å²) in [6.07, 6.45) is -5.18. The van der Waals surface area contributed by atoms with Gasteiger partial charge in [0.2, 0.25) is 0 Å². The third kappa shape index (κ3) is 1.97. The molecule has 14 heavy (non-hydrogen) atoms. The van der Waals surface area contributed by atoms with Gasteiger partial charge in [0.25, 0.3) is 0 Å². The molecule has 1 aromatic rings. The molecule has 3 nitrogen and oxygen atoms in total. The molecular formula is C11H17N3. The van der Waals surface area contributed by atoms with Crippen LogP contribution in [-0.2, 0) is 0 Å². The fourth-order valence-corrected chi connectivity index (χ4v) is 0.979. The van der Waals surface area contributed by atoms with Gasteiger partial charge in [-0.25, -0.2) is 0 Å². The van der Waals surface area contributed by atoms with Gasteiger partial charge in [-0.15, -0.1) is 0 Å². The minimum Gasteiger partial charge on any atom is -0.397 e. The van der Waals surface area contributed by atoms with E-state index in [1.165, 1.54) is 6.20 Å². The molecule has 1 aliphatic heterocycles. The molecule has 2 rings (SSSR count). The highest BCUT2D eigenvalue weighted by Gasteiger charge is 2.15. The summed E-state index contributed by atoms with van der Waals surface area (Å²) in [6.45, 7) is -10.5. The molecule has 0 atom stereocenters. The van der Waals surface area contributed by atoms with Crippen molar-refractivity contribution < 1.29 is 16.4 Å². The van der Waals surface area contributed by atoms with Crippen molar-refractivity contribution in [1.29, 1.82) is 0 Å². The molecule has 1 aliphatic rings. The Bertz CT molecular complexity index is 685. The third-order valence-electron chi connectivity index (χ3n) is 1.59. The van der Waals surface area contributed by atoms with Crippen LogP contribution in [0.1, 0.15) is 36.0 Å². The van der Waals surface area contributed by atoms with Crippen molar-refractivity contribution in [3.63, 3.8) is 0 Å². The van der Waals surface area contributed by atoms with Gasteiger partial charge in [0.15, 0.2) is 0 Å². The molecule has 0 radical (unpaired) electrons. The summed E-state index contributed by atoms with van der Waals surface area (Å²) in [4.78, 5) is 3.80. The molecule has 3 heteroatoms. The van der Waals surface area contributed by atoms with Crippen molar-refractivity contribution in [2.24, 2.45) is 5.89 Å². The Kier molecular flexibility index (Phi) is 0.732. The highest BCUT2D eigenvalue weighted by atomic mass is 15.1. The second kappa shape index (κ2) is 3.86. The molecule has 76 valence electrons. The summed E-state index contributed by atoms with van der Waals surface area (Å²) in [7, 11) is 0. The highest BCUT2D eigenvalue weighted by Crippen LogP contribution is 2.23. The summed E-state index contributed by atoms with van der Waals surface area (Å²) in [5.74, 6) is -3.75. The molecule has 0 bridgehead atoms. The van der Waals surface area contributed by atoms with Crippen molar-refractivity contribution in [2.45, 2.75) is 19.6 Å². The van der Waals surface area contributed by atoms with Gasteiger partial charge in [0.05, 0.1) is 17.6 Å². The minimum atomic E-state index is -3.75. The zero-order valence-corrected chi connectivity index (χ0v) is 7.20. The normalized spacial score (nSPS) is 48.7. The number of nitrogens with two attached hydrogens (primary N) is 1. The summed E-state index contributed by atoms with van der Waals surface area (Å²) < 4.78 is 95.3. The maximum Gasteiger partial charge on any atom is 0.0573 e. The first-order valence-electron chi connectivity index (χ1n) is 9.88. The van der Waals surface area contributed by atoms with Crippen molar-refractivity contribution in [2.75, 3.05) is 23.6 Å². The minimum absolute atomic E-state index is 0.0197. The van der Waals surface area contributed by atoms with E-state index in [0.29, 0.717) is 0 Å². The second-order valence-electron chi connectivity index (χ2n) is 2.66. The second-order valence-corrected chi connectivity index (χ2v) is 2.66. The Balaban J connectivity index is 2.89. The smallest absolute Gasteiger partial charge is 0.0573 e. The number of pyridine rings is 1. The first-order chi connectivity index (χ1) is 11.4. The van der Waals surface area contributed by atoms with Gasteiger partial charge in [-0.1, -0.05) is 6.85 Å². The topological polar surface area (TPSA) is 42.2 Å². The predicted molar refractivity (Wildman–Crippen MR) is 59.3 cm³/mol. The van der Waals surface area contributed by atoms with Crippen LogP contribution in [0.25, 0.3) is 0 Å². The van der Waals surface area contributed by atoms with Crippen molar-refractivity contribution >= 4 is 11.4 Å². The van der Waals surface area contributed by atoms with E-state index in [1.54, 1.807) is 0 Å². The maximum absolute atomic E-state index is 8.13. The van der Waals surface area contributed by atoms with Crippen molar-refractivity contribution in [3.8, 4) is 0 Å². The van der Waals surface area contributed by atoms with Gasteiger partial charge in [-0.05, 0) is 24.7 Å². The molecular weight excluding hydrogens is 174 g/mol. The number of rotatable bonds is 1. The summed E-state index contributed by atoms with van der Waals surface area (Å²) in [6, 6.07) is 1.06. The van der Waals surface area contributed by atoms with Crippen LogP contribution < -0.4 is 10.6 Å². The first-order valence-corrected chi connectivity index (χ1v) is 3.88. The van der Waals surface area contributed by atoms with E-state index in [9.17, 15) is 0 Å². The lowest BCUT2D eigenvalue weighted by molar-refractivity contribution is 0.438. The SMILES string of the molecule is [2H]C([2H])([2H])C1([2H])C([2H])([2H])C([2H])([2H])N(c2cncc(N)c2)C([2H])([2H])C1([2H])[2H]. The average Bonchev–Trinajstić information content (AvgIpc) is 2.42. The summed E-state index contributed by atoms with van der Waals surface area (Å²) >= 11 is 0. The van der Waals surface area contributed by atoms with E-state index in [-0.39, 0.29) is 16.3 Å². The van der Waals surface area contributed by atoms with Crippen LogP contribution in [0.4, 0.5) is 11.4 Å². The van der Waals surface area contributed by atoms with Crippen LogP contribution in [0.15, 0.2) is 18.5 Å². The summed E-state index contributed by atoms with van der Waals surface area (Å²) in [5.41, 5.74) is 5.14. The summed E-state index contributed by atoms with van der Waals surface area (Å²) in [5, 5.41) is 0. The Morgan fingerprint density at radius 3 is 3.07 bits per heavy atom. The lowest BCUT2D eigenvalue weighted by Crippen LogP contribution is -2.32. The molecule has 0 amide bonds. The maximum atomic E-state index is 8.13. The monoisotopic (exact) mass is 203 g/mol. The predicted octanol–water partition coefficient (Wildman–Crippen LogP) is 1.90. The van der Waals surface area contributed by atoms with E-state index in [4.69, 9.17) is 22.2 Å². The van der Waals surface area contributed by atoms with E-state index in [1.807, 2.05) is 0 Å². The molecule has 0 unspecified atom stereocenters. The van der Waals surface area contributed by atoms with Crippen LogP contribution in [0, 0.1) is 5.89 Å². The molecule has 0 saturated carbocycles. The Morgan fingerprint density at radius 1 is 1.64 bits per heavy atom. The van der Waals surface area contributed by atoms with Gasteiger partial charge in [0, 0.05) is 35.6 Å². The molecule has 2 N–H and O–H groups in total. The Morgan fingerprint density at radius 2 is 2.43 bits per heavy atom. The number of hydrogen-bond acceptors (Lipinski definition) is 3. The van der Waals surface area contributed by atoms with Crippen LogP contribution in [-0.4, -0.2) is 18.0 Å². The van der Waals surface area contributed by atoms with Gasteiger partial charge in [0.1, 0.15) is 0 Å². The largest absolute Gasteiger partial charge is 0.397 e. The molecule has 0 spiro atoms. The number of anilines is 2. The Labute approximate surface area is 102 Å². The standard InChI is InChI=1S/C11H17N3/c1-9-2-4-14(5-3-9)11-6-10(12)7-13-8-11/h6-9H,2-5,12H2,1H3/i1D3,2D2,3D2,4D2,5D2,9D. The van der Waals surface area contributed by atoms with Crippen molar-refractivity contribution in [3.05, 3.63) is 18.5 Å². The van der Waals surface area contributed by atoms with E-state index < -0.39 is 38.5 Å². The number of nitrogens with zero attached hydrogens (tertiary/aromatic N) is 2. The van der Waals surface area contributed by atoms with E-state index in [0.717, 1.165) is 12.3 Å². The van der Waals surface area contributed by atoms with Gasteiger partial charge in [-0.2, -0.15) is 0 Å². The number of piperidine rings is 1. The quantitative estimate of drug-likeness (QED) is 0.758. The number of aromatic nitrogens is 1. The molecule has 0 aliphatic carbocycles. The lowest BCUT2D eigenvalue weighted by atomic mass is 9.99. The van der Waals surface area contributed by atoms with Gasteiger partial charge >= 0.3 is 0 Å². The van der Waals surface area contributed by atoms with Crippen LogP contribution in [0.5, 0.6) is 0 Å². The van der Waals surface area contributed by atoms with Crippen LogP contribution in [0.2, 0.25) is 0 Å².